The van der Waals surface area contributed by atoms with Crippen LogP contribution in [0.15, 0.2) is 11.4 Å². The van der Waals surface area contributed by atoms with Crippen molar-refractivity contribution in [3.05, 3.63) is 21.9 Å². The highest BCUT2D eigenvalue weighted by molar-refractivity contribution is 7.10. The lowest BCUT2D eigenvalue weighted by Gasteiger charge is -2.22. The number of thiophene rings is 1. The summed E-state index contributed by atoms with van der Waals surface area (Å²) in [5.74, 6) is 0. The molecule has 0 radical (unpaired) electrons. The zero-order chi connectivity index (χ0) is 15.9. The molecule has 0 aliphatic heterocycles. The van der Waals surface area contributed by atoms with Crippen LogP contribution >= 0.6 is 11.3 Å². The molecule has 1 rings (SSSR count). The van der Waals surface area contributed by atoms with Gasteiger partial charge in [-0.05, 0) is 33.3 Å². The second-order valence-corrected chi connectivity index (χ2v) is 6.78. The van der Waals surface area contributed by atoms with Crippen molar-refractivity contribution in [3.8, 4) is 6.07 Å². The van der Waals surface area contributed by atoms with E-state index in [9.17, 15) is 4.79 Å². The summed E-state index contributed by atoms with van der Waals surface area (Å²) < 4.78 is 5.20. The zero-order valence-corrected chi connectivity index (χ0v) is 13.8. The molecular formula is C15H23N3O2S. The van der Waals surface area contributed by atoms with Crippen LogP contribution in [0.3, 0.4) is 0 Å². The fourth-order valence-electron chi connectivity index (χ4n) is 1.66. The second kappa shape index (κ2) is 8.01. The molecule has 1 aromatic heterocycles. The van der Waals surface area contributed by atoms with Crippen LogP contribution in [0.5, 0.6) is 0 Å². The van der Waals surface area contributed by atoms with Crippen molar-refractivity contribution in [1.29, 1.82) is 5.26 Å². The molecule has 0 saturated carbocycles. The number of hydrogen-bond acceptors (Lipinski definition) is 5. The van der Waals surface area contributed by atoms with E-state index in [2.05, 4.69) is 23.6 Å². The van der Waals surface area contributed by atoms with Crippen molar-refractivity contribution in [2.75, 3.05) is 6.54 Å². The Kier molecular flexibility index (Phi) is 6.66. The van der Waals surface area contributed by atoms with Crippen molar-refractivity contribution in [3.63, 3.8) is 0 Å². The quantitative estimate of drug-likeness (QED) is 0.847. The fraction of sp³-hybridized carbons (Fsp3) is 0.600. The predicted molar refractivity (Wildman–Crippen MR) is 84.2 cm³/mol. The monoisotopic (exact) mass is 309 g/mol. The largest absolute Gasteiger partial charge is 0.444 e. The fourth-order valence-corrected chi connectivity index (χ4v) is 2.42. The van der Waals surface area contributed by atoms with Gasteiger partial charge in [0.2, 0.25) is 0 Å². The summed E-state index contributed by atoms with van der Waals surface area (Å²) in [6.45, 7) is 8.79. The third-order valence-electron chi connectivity index (χ3n) is 2.73. The van der Waals surface area contributed by atoms with Crippen molar-refractivity contribution in [1.82, 2.24) is 10.6 Å². The molecule has 1 atom stereocenters. The Balaban J connectivity index is 2.35. The maximum atomic E-state index is 11.6. The van der Waals surface area contributed by atoms with E-state index in [0.29, 0.717) is 18.7 Å². The lowest BCUT2D eigenvalue weighted by atomic mass is 10.2. The molecule has 5 nitrogen and oxygen atoms in total. The number of rotatable bonds is 6. The van der Waals surface area contributed by atoms with Crippen LogP contribution in [0.2, 0.25) is 0 Å². The van der Waals surface area contributed by atoms with Crippen LogP contribution in [0, 0.1) is 11.3 Å². The third-order valence-corrected chi connectivity index (χ3v) is 3.67. The van der Waals surface area contributed by atoms with E-state index in [1.165, 1.54) is 0 Å². The first-order chi connectivity index (χ1) is 9.84. The van der Waals surface area contributed by atoms with Crippen LogP contribution in [0.25, 0.3) is 0 Å². The van der Waals surface area contributed by atoms with Crippen LogP contribution in [0.4, 0.5) is 4.79 Å². The van der Waals surface area contributed by atoms with Crippen molar-refractivity contribution >= 4 is 17.4 Å². The molecule has 0 bridgehead atoms. The van der Waals surface area contributed by atoms with Gasteiger partial charge in [0.1, 0.15) is 11.7 Å². The number of nitrogens with one attached hydrogen (secondary N) is 2. The molecule has 21 heavy (non-hydrogen) atoms. The van der Waals surface area contributed by atoms with Gasteiger partial charge in [-0.2, -0.15) is 5.26 Å². The smallest absolute Gasteiger partial charge is 0.407 e. The summed E-state index contributed by atoms with van der Waals surface area (Å²) in [5, 5.41) is 16.8. The van der Waals surface area contributed by atoms with E-state index >= 15 is 0 Å². The molecule has 0 saturated heterocycles. The molecule has 0 aliphatic carbocycles. The third kappa shape index (κ3) is 7.11. The standard InChI is InChI=1S/C15H23N3O2S/c1-5-12(8-18-14(19)20-15(2,3)4)17-9-13-6-11(7-16)10-21-13/h6,10,12,17H,5,8-9H2,1-4H3,(H,18,19). The van der Waals surface area contributed by atoms with Crippen molar-refractivity contribution < 1.29 is 9.53 Å². The lowest BCUT2D eigenvalue weighted by Crippen LogP contribution is -2.42. The van der Waals surface area contributed by atoms with E-state index in [1.54, 1.807) is 11.3 Å². The first-order valence-corrected chi connectivity index (χ1v) is 7.89. The second-order valence-electron chi connectivity index (χ2n) is 5.78. The van der Waals surface area contributed by atoms with Gasteiger partial charge in [0.25, 0.3) is 0 Å². The normalized spacial score (nSPS) is 12.5. The molecule has 0 fully saturated rings. The maximum absolute atomic E-state index is 11.6. The Hall–Kier alpha value is -1.58. The minimum atomic E-state index is -0.482. The van der Waals surface area contributed by atoms with E-state index in [4.69, 9.17) is 10.00 Å². The summed E-state index contributed by atoms with van der Waals surface area (Å²) >= 11 is 1.56. The van der Waals surface area contributed by atoms with Crippen molar-refractivity contribution in [2.24, 2.45) is 0 Å². The molecule has 6 heteroatoms. The van der Waals surface area contributed by atoms with Gasteiger partial charge in [-0.1, -0.05) is 6.92 Å². The average Bonchev–Trinajstić information content (AvgIpc) is 2.85. The van der Waals surface area contributed by atoms with Gasteiger partial charge in [-0.3, -0.25) is 0 Å². The summed E-state index contributed by atoms with van der Waals surface area (Å²) in [5.41, 5.74) is 0.209. The lowest BCUT2D eigenvalue weighted by molar-refractivity contribution is 0.0522. The van der Waals surface area contributed by atoms with E-state index in [-0.39, 0.29) is 6.04 Å². The molecular weight excluding hydrogens is 286 g/mol. The number of amides is 1. The highest BCUT2D eigenvalue weighted by Gasteiger charge is 2.17. The van der Waals surface area contributed by atoms with Crippen molar-refractivity contribution in [2.45, 2.75) is 52.3 Å². The summed E-state index contributed by atoms with van der Waals surface area (Å²) in [6, 6.07) is 4.17. The SMILES string of the molecule is CCC(CNC(=O)OC(C)(C)C)NCc1cc(C#N)cs1. The Morgan fingerprint density at radius 2 is 2.24 bits per heavy atom. The molecule has 0 spiro atoms. The molecule has 2 N–H and O–H groups in total. The molecule has 116 valence electrons. The van der Waals surface area contributed by atoms with E-state index in [0.717, 1.165) is 11.3 Å². The Morgan fingerprint density at radius 1 is 1.52 bits per heavy atom. The number of carbonyl (C=O) groups excluding carboxylic acids is 1. The number of hydrogen-bond donors (Lipinski definition) is 2. The molecule has 1 unspecified atom stereocenters. The molecule has 1 amide bonds. The zero-order valence-electron chi connectivity index (χ0n) is 13.0. The number of carbonyl (C=O) groups is 1. The first kappa shape index (κ1) is 17.5. The Labute approximate surface area is 130 Å². The number of ether oxygens (including phenoxy) is 1. The van der Waals surface area contributed by atoms with Crippen LogP contribution < -0.4 is 10.6 Å². The predicted octanol–water partition coefficient (Wildman–Crippen LogP) is 3.01. The Bertz CT molecular complexity index is 500. The van der Waals surface area contributed by atoms with E-state index < -0.39 is 11.7 Å². The summed E-state index contributed by atoms with van der Waals surface area (Å²) in [6.07, 6.45) is 0.498. The summed E-state index contributed by atoms with van der Waals surface area (Å²) in [7, 11) is 0. The minimum absolute atomic E-state index is 0.171. The minimum Gasteiger partial charge on any atom is -0.444 e. The van der Waals surface area contributed by atoms with Gasteiger partial charge in [0.05, 0.1) is 5.56 Å². The van der Waals surface area contributed by atoms with Gasteiger partial charge >= 0.3 is 6.09 Å². The average molecular weight is 309 g/mol. The van der Waals surface area contributed by atoms with Crippen LogP contribution in [0.1, 0.15) is 44.6 Å². The number of nitrogens with zero attached hydrogens (tertiary/aromatic N) is 1. The van der Waals surface area contributed by atoms with Gasteiger partial charge < -0.3 is 15.4 Å². The first-order valence-electron chi connectivity index (χ1n) is 7.01. The van der Waals surface area contributed by atoms with Gasteiger partial charge in [-0.15, -0.1) is 11.3 Å². The van der Waals surface area contributed by atoms with Gasteiger partial charge in [0, 0.05) is 29.4 Å². The highest BCUT2D eigenvalue weighted by atomic mass is 32.1. The number of nitriles is 1. The topological polar surface area (TPSA) is 74.2 Å². The van der Waals surface area contributed by atoms with Crippen LogP contribution in [-0.2, 0) is 11.3 Å². The Morgan fingerprint density at radius 3 is 2.76 bits per heavy atom. The van der Waals surface area contributed by atoms with Gasteiger partial charge in [-0.25, -0.2) is 4.79 Å². The molecule has 0 aliphatic rings. The molecule has 1 heterocycles. The summed E-state index contributed by atoms with van der Waals surface area (Å²) in [4.78, 5) is 12.7. The molecule has 1 aromatic rings. The van der Waals surface area contributed by atoms with Gasteiger partial charge in [0.15, 0.2) is 0 Å². The molecule has 0 aromatic carbocycles. The van der Waals surface area contributed by atoms with Crippen LogP contribution in [-0.4, -0.2) is 24.3 Å². The number of alkyl carbamates (subject to hydrolysis) is 1. The highest BCUT2D eigenvalue weighted by Crippen LogP contribution is 2.13. The van der Waals surface area contributed by atoms with E-state index in [1.807, 2.05) is 32.2 Å². The maximum Gasteiger partial charge on any atom is 0.407 e.